The lowest BCUT2D eigenvalue weighted by atomic mass is 9.99. The summed E-state index contributed by atoms with van der Waals surface area (Å²) in [6.45, 7) is 5.78. The maximum absolute atomic E-state index is 11.9. The largest absolute Gasteiger partial charge is 0.480 e. The van der Waals surface area contributed by atoms with E-state index in [2.05, 4.69) is 5.32 Å². The Morgan fingerprint density at radius 3 is 2.44 bits per heavy atom. The SMILES string of the molecule is CC(C)C(NC(=O)C1(C)CCCO1)C(=O)O. The number of ether oxygens (including phenoxy) is 1. The van der Waals surface area contributed by atoms with Gasteiger partial charge < -0.3 is 15.2 Å². The molecule has 1 rings (SSSR count). The van der Waals surface area contributed by atoms with Gasteiger partial charge in [-0.3, -0.25) is 4.79 Å². The van der Waals surface area contributed by atoms with Crippen LogP contribution in [-0.2, 0) is 14.3 Å². The summed E-state index contributed by atoms with van der Waals surface area (Å²) in [4.78, 5) is 22.8. The highest BCUT2D eigenvalue weighted by Gasteiger charge is 2.39. The lowest BCUT2D eigenvalue weighted by Gasteiger charge is -2.26. The van der Waals surface area contributed by atoms with Gasteiger partial charge in [-0.25, -0.2) is 4.79 Å². The first kappa shape index (κ1) is 13.0. The van der Waals surface area contributed by atoms with Crippen LogP contribution in [0.15, 0.2) is 0 Å². The molecular formula is C11H19NO4. The van der Waals surface area contributed by atoms with Gasteiger partial charge in [-0.2, -0.15) is 0 Å². The molecule has 1 fully saturated rings. The molecule has 0 spiro atoms. The van der Waals surface area contributed by atoms with Crippen LogP contribution in [-0.4, -0.2) is 35.2 Å². The summed E-state index contributed by atoms with van der Waals surface area (Å²) in [5.41, 5.74) is -0.859. The Morgan fingerprint density at radius 2 is 2.06 bits per heavy atom. The van der Waals surface area contributed by atoms with Gasteiger partial charge in [0.05, 0.1) is 0 Å². The van der Waals surface area contributed by atoms with Gasteiger partial charge in [-0.15, -0.1) is 0 Å². The maximum Gasteiger partial charge on any atom is 0.326 e. The van der Waals surface area contributed by atoms with Crippen molar-refractivity contribution in [3.63, 3.8) is 0 Å². The van der Waals surface area contributed by atoms with Crippen molar-refractivity contribution in [1.82, 2.24) is 5.32 Å². The number of carbonyl (C=O) groups excluding carboxylic acids is 1. The monoisotopic (exact) mass is 229 g/mol. The van der Waals surface area contributed by atoms with Gasteiger partial charge in [0, 0.05) is 6.61 Å². The van der Waals surface area contributed by atoms with E-state index in [9.17, 15) is 9.59 Å². The van der Waals surface area contributed by atoms with Gasteiger partial charge in [-0.05, 0) is 25.7 Å². The van der Waals surface area contributed by atoms with Crippen LogP contribution in [0.25, 0.3) is 0 Å². The molecular weight excluding hydrogens is 210 g/mol. The van der Waals surface area contributed by atoms with E-state index < -0.39 is 17.6 Å². The molecule has 92 valence electrons. The Balaban J connectivity index is 2.65. The molecule has 1 aliphatic heterocycles. The molecule has 16 heavy (non-hydrogen) atoms. The number of nitrogens with one attached hydrogen (secondary N) is 1. The predicted molar refractivity (Wildman–Crippen MR) is 58.0 cm³/mol. The van der Waals surface area contributed by atoms with Crippen LogP contribution < -0.4 is 5.32 Å². The van der Waals surface area contributed by atoms with Crippen LogP contribution in [0.4, 0.5) is 0 Å². The Labute approximate surface area is 95.2 Å². The van der Waals surface area contributed by atoms with E-state index >= 15 is 0 Å². The number of amides is 1. The van der Waals surface area contributed by atoms with Crippen LogP contribution in [0.5, 0.6) is 0 Å². The minimum absolute atomic E-state index is 0.147. The molecule has 0 aromatic carbocycles. The van der Waals surface area contributed by atoms with Gasteiger partial charge in [-0.1, -0.05) is 13.8 Å². The molecule has 0 aliphatic carbocycles. The van der Waals surface area contributed by atoms with E-state index in [1.807, 2.05) is 0 Å². The second kappa shape index (κ2) is 4.82. The van der Waals surface area contributed by atoms with Gasteiger partial charge in [0.1, 0.15) is 11.6 Å². The Kier molecular flexibility index (Phi) is 3.91. The van der Waals surface area contributed by atoms with Crippen LogP contribution in [0.1, 0.15) is 33.6 Å². The highest BCUT2D eigenvalue weighted by atomic mass is 16.5. The molecule has 0 saturated carbocycles. The number of carboxylic acids is 1. The van der Waals surface area contributed by atoms with Crippen LogP contribution in [0.2, 0.25) is 0 Å². The molecule has 0 radical (unpaired) electrons. The minimum Gasteiger partial charge on any atom is -0.480 e. The predicted octanol–water partition coefficient (Wildman–Crippen LogP) is 0.781. The molecule has 5 nitrogen and oxygen atoms in total. The summed E-state index contributed by atoms with van der Waals surface area (Å²) < 4.78 is 5.36. The van der Waals surface area contributed by atoms with Crippen molar-refractivity contribution < 1.29 is 19.4 Å². The maximum atomic E-state index is 11.9. The van der Waals surface area contributed by atoms with Gasteiger partial charge in [0.15, 0.2) is 0 Å². The molecule has 2 N–H and O–H groups in total. The van der Waals surface area contributed by atoms with E-state index in [1.165, 1.54) is 0 Å². The normalized spacial score (nSPS) is 26.8. The fourth-order valence-corrected chi connectivity index (χ4v) is 1.77. The number of hydrogen-bond acceptors (Lipinski definition) is 3. The Bertz CT molecular complexity index is 282. The first-order chi connectivity index (χ1) is 7.37. The summed E-state index contributed by atoms with van der Waals surface area (Å²) in [5.74, 6) is -1.48. The third-order valence-corrected chi connectivity index (χ3v) is 2.92. The van der Waals surface area contributed by atoms with Crippen molar-refractivity contribution in [3.8, 4) is 0 Å². The van der Waals surface area contributed by atoms with Crippen molar-refractivity contribution in [2.24, 2.45) is 5.92 Å². The fraction of sp³-hybridized carbons (Fsp3) is 0.818. The highest BCUT2D eigenvalue weighted by molar-refractivity contribution is 5.89. The molecule has 2 unspecified atom stereocenters. The third-order valence-electron chi connectivity index (χ3n) is 2.92. The lowest BCUT2D eigenvalue weighted by Crippen LogP contribution is -2.52. The smallest absolute Gasteiger partial charge is 0.326 e. The van der Waals surface area contributed by atoms with Gasteiger partial charge in [0.25, 0.3) is 5.91 Å². The average Bonchev–Trinajstić information content (AvgIpc) is 2.61. The summed E-state index contributed by atoms with van der Waals surface area (Å²) >= 11 is 0. The number of aliphatic carboxylic acids is 1. The molecule has 0 bridgehead atoms. The van der Waals surface area contributed by atoms with Gasteiger partial charge in [0.2, 0.25) is 0 Å². The summed E-state index contributed by atoms with van der Waals surface area (Å²) in [5, 5.41) is 11.5. The van der Waals surface area contributed by atoms with E-state index in [0.717, 1.165) is 6.42 Å². The second-order valence-electron chi connectivity index (χ2n) is 4.72. The zero-order valence-electron chi connectivity index (χ0n) is 9.95. The third kappa shape index (κ3) is 2.72. The molecule has 1 amide bonds. The van der Waals surface area contributed by atoms with E-state index in [0.29, 0.717) is 13.0 Å². The summed E-state index contributed by atoms with van der Waals surface area (Å²) in [7, 11) is 0. The molecule has 1 aliphatic rings. The van der Waals surface area contributed by atoms with Crippen molar-refractivity contribution in [2.75, 3.05) is 6.61 Å². The quantitative estimate of drug-likeness (QED) is 0.747. The van der Waals surface area contributed by atoms with E-state index in [-0.39, 0.29) is 11.8 Å². The summed E-state index contributed by atoms with van der Waals surface area (Å²) in [6.07, 6.45) is 1.48. The molecule has 0 aromatic heterocycles. The van der Waals surface area contributed by atoms with Crippen LogP contribution >= 0.6 is 0 Å². The topological polar surface area (TPSA) is 75.6 Å². The molecule has 0 aromatic rings. The van der Waals surface area contributed by atoms with Crippen LogP contribution in [0, 0.1) is 5.92 Å². The first-order valence-electron chi connectivity index (χ1n) is 5.54. The lowest BCUT2D eigenvalue weighted by molar-refractivity contribution is -0.148. The van der Waals surface area contributed by atoms with Crippen molar-refractivity contribution in [3.05, 3.63) is 0 Å². The van der Waals surface area contributed by atoms with E-state index in [4.69, 9.17) is 9.84 Å². The average molecular weight is 229 g/mol. The minimum atomic E-state index is -1.01. The second-order valence-corrected chi connectivity index (χ2v) is 4.72. The van der Waals surface area contributed by atoms with Crippen LogP contribution in [0.3, 0.4) is 0 Å². The number of carboxylic acid groups (broad SMARTS) is 1. The first-order valence-corrected chi connectivity index (χ1v) is 5.54. The Hall–Kier alpha value is -1.10. The van der Waals surface area contributed by atoms with Crippen molar-refractivity contribution >= 4 is 11.9 Å². The number of hydrogen-bond donors (Lipinski definition) is 2. The molecule has 5 heteroatoms. The Morgan fingerprint density at radius 1 is 1.44 bits per heavy atom. The van der Waals surface area contributed by atoms with E-state index in [1.54, 1.807) is 20.8 Å². The zero-order chi connectivity index (χ0) is 12.3. The zero-order valence-corrected chi connectivity index (χ0v) is 9.95. The number of carbonyl (C=O) groups is 2. The molecule has 2 atom stereocenters. The highest BCUT2D eigenvalue weighted by Crippen LogP contribution is 2.25. The fourth-order valence-electron chi connectivity index (χ4n) is 1.77. The molecule has 1 heterocycles. The molecule has 1 saturated heterocycles. The van der Waals surface area contributed by atoms with Crippen molar-refractivity contribution in [2.45, 2.75) is 45.3 Å². The van der Waals surface area contributed by atoms with Gasteiger partial charge >= 0.3 is 5.97 Å². The van der Waals surface area contributed by atoms with Crippen molar-refractivity contribution in [1.29, 1.82) is 0 Å². The summed E-state index contributed by atoms with van der Waals surface area (Å²) in [6, 6.07) is -0.853. The standard InChI is InChI=1S/C11H19NO4/c1-7(2)8(9(13)14)12-10(15)11(3)5-4-6-16-11/h7-8H,4-6H2,1-3H3,(H,12,15)(H,13,14). The number of rotatable bonds is 4.